The molecule has 0 atom stereocenters. The van der Waals surface area contributed by atoms with Gasteiger partial charge in [-0.2, -0.15) is 0 Å². The highest BCUT2D eigenvalue weighted by Gasteiger charge is 1.96. The van der Waals surface area contributed by atoms with Crippen LogP contribution in [-0.2, 0) is 4.79 Å². The monoisotopic (exact) mass is 405 g/mol. The van der Waals surface area contributed by atoms with Crippen molar-refractivity contribution in [3.05, 3.63) is 35.9 Å². The zero-order valence-electron chi connectivity index (χ0n) is 17.9. The van der Waals surface area contributed by atoms with E-state index in [1.165, 1.54) is 96.0 Å². The van der Waals surface area contributed by atoms with Gasteiger partial charge in [-0.1, -0.05) is 109 Å². The number of allylic oxidation sites excluding steroid dienone is 1. The molecule has 0 aliphatic rings. The number of rotatable bonds is 18. The Balaban J connectivity index is 1.88. The van der Waals surface area contributed by atoms with Gasteiger partial charge in [0.1, 0.15) is 0 Å². The summed E-state index contributed by atoms with van der Waals surface area (Å²) < 4.78 is 0. The van der Waals surface area contributed by atoms with E-state index in [1.807, 2.05) is 24.3 Å². The van der Waals surface area contributed by atoms with Crippen molar-refractivity contribution in [2.45, 2.75) is 96.8 Å². The molecule has 2 nitrogen and oxygen atoms in total. The molecular weight excluding hydrogens is 366 g/mol. The van der Waals surface area contributed by atoms with Crippen LogP contribution in [0.4, 0.5) is 5.69 Å². The van der Waals surface area contributed by atoms with Gasteiger partial charge in [-0.25, -0.2) is 0 Å². The fourth-order valence-corrected chi connectivity index (χ4v) is 3.49. The third kappa shape index (κ3) is 14.7. The summed E-state index contributed by atoms with van der Waals surface area (Å²) in [6, 6.07) is 8.07. The second kappa shape index (κ2) is 17.8. The smallest absolute Gasteiger partial charge is 0.245 e. The molecule has 0 aliphatic carbocycles. The van der Waals surface area contributed by atoms with Gasteiger partial charge in [0.05, 0.1) is 0 Å². The molecule has 1 aromatic carbocycles. The number of halogens is 1. The third-order valence-corrected chi connectivity index (χ3v) is 5.30. The molecule has 3 heteroatoms. The Morgan fingerprint density at radius 2 is 1.25 bits per heavy atom. The first-order valence-electron chi connectivity index (χ1n) is 11.4. The standard InChI is InChI=1S/C25H40ClNO/c1-2-3-4-5-6-7-8-9-10-11-12-13-14-15-22-27-24-19-16-23(17-20-24)18-21-25(26)28/h16-21,27H,2-15,22H2,1H3/b21-18+. The van der Waals surface area contributed by atoms with Crippen LogP contribution in [0.25, 0.3) is 6.08 Å². The minimum absolute atomic E-state index is 0.444. The van der Waals surface area contributed by atoms with Gasteiger partial charge >= 0.3 is 0 Å². The van der Waals surface area contributed by atoms with Crippen molar-refractivity contribution in [2.75, 3.05) is 11.9 Å². The van der Waals surface area contributed by atoms with Crippen molar-refractivity contribution in [3.8, 4) is 0 Å². The van der Waals surface area contributed by atoms with Crippen molar-refractivity contribution in [1.29, 1.82) is 0 Å². The Morgan fingerprint density at radius 3 is 1.71 bits per heavy atom. The Labute approximate surface area is 178 Å². The van der Waals surface area contributed by atoms with Crippen LogP contribution in [0.3, 0.4) is 0 Å². The maximum atomic E-state index is 10.7. The maximum Gasteiger partial charge on any atom is 0.245 e. The molecule has 0 saturated carbocycles. The maximum absolute atomic E-state index is 10.7. The highest BCUT2D eigenvalue weighted by Crippen LogP contribution is 2.14. The van der Waals surface area contributed by atoms with Gasteiger partial charge in [-0.05, 0) is 41.8 Å². The lowest BCUT2D eigenvalue weighted by Crippen LogP contribution is -2.01. The van der Waals surface area contributed by atoms with Crippen LogP contribution in [-0.4, -0.2) is 11.8 Å². The molecule has 0 saturated heterocycles. The number of hydrogen-bond acceptors (Lipinski definition) is 2. The predicted octanol–water partition coefficient (Wildman–Crippen LogP) is 8.36. The van der Waals surface area contributed by atoms with Gasteiger partial charge in [0.2, 0.25) is 5.24 Å². The van der Waals surface area contributed by atoms with Crippen LogP contribution >= 0.6 is 11.6 Å². The van der Waals surface area contributed by atoms with Crippen molar-refractivity contribution in [1.82, 2.24) is 0 Å². The molecule has 0 radical (unpaired) electrons. The quantitative estimate of drug-likeness (QED) is 0.151. The first kappa shape index (κ1) is 24.8. The van der Waals surface area contributed by atoms with Crippen LogP contribution in [0, 0.1) is 0 Å². The molecule has 1 aromatic rings. The second-order valence-electron chi connectivity index (χ2n) is 7.78. The molecule has 1 rings (SSSR count). The van der Waals surface area contributed by atoms with Crippen molar-refractivity contribution in [2.24, 2.45) is 0 Å². The van der Waals surface area contributed by atoms with Crippen LogP contribution in [0.5, 0.6) is 0 Å². The Bertz CT molecular complexity index is 524. The van der Waals surface area contributed by atoms with Crippen LogP contribution < -0.4 is 5.32 Å². The summed E-state index contributed by atoms with van der Waals surface area (Å²) in [6.45, 7) is 3.30. The van der Waals surface area contributed by atoms with E-state index in [2.05, 4.69) is 12.2 Å². The molecule has 0 spiro atoms. The van der Waals surface area contributed by atoms with E-state index in [0.717, 1.165) is 17.8 Å². The highest BCUT2D eigenvalue weighted by atomic mass is 35.5. The average molecular weight is 406 g/mol. The summed E-state index contributed by atoms with van der Waals surface area (Å²) in [5, 5.41) is 3.02. The van der Waals surface area contributed by atoms with Crippen molar-refractivity contribution < 1.29 is 4.79 Å². The molecule has 0 aromatic heterocycles. The summed E-state index contributed by atoms with van der Waals surface area (Å²) in [5.74, 6) is 0. The molecular formula is C25H40ClNO. The Hall–Kier alpha value is -1.28. The number of carbonyl (C=O) groups is 1. The lowest BCUT2D eigenvalue weighted by Gasteiger charge is -2.07. The van der Waals surface area contributed by atoms with E-state index >= 15 is 0 Å². The van der Waals surface area contributed by atoms with Gasteiger partial charge < -0.3 is 5.32 Å². The third-order valence-electron chi connectivity index (χ3n) is 5.18. The van der Waals surface area contributed by atoms with E-state index in [0.29, 0.717) is 0 Å². The molecule has 158 valence electrons. The normalized spacial score (nSPS) is 11.2. The minimum Gasteiger partial charge on any atom is -0.385 e. The van der Waals surface area contributed by atoms with Gasteiger partial charge in [-0.15, -0.1) is 0 Å². The van der Waals surface area contributed by atoms with Crippen LogP contribution in [0.1, 0.15) is 102 Å². The van der Waals surface area contributed by atoms with E-state index in [9.17, 15) is 4.79 Å². The fraction of sp³-hybridized carbons (Fsp3) is 0.640. The van der Waals surface area contributed by atoms with E-state index < -0.39 is 5.24 Å². The summed E-state index contributed by atoms with van der Waals surface area (Å²) in [7, 11) is 0. The summed E-state index contributed by atoms with van der Waals surface area (Å²) in [4.78, 5) is 10.7. The average Bonchev–Trinajstić information content (AvgIpc) is 2.70. The highest BCUT2D eigenvalue weighted by molar-refractivity contribution is 6.66. The van der Waals surface area contributed by atoms with Crippen LogP contribution in [0.2, 0.25) is 0 Å². The number of nitrogens with one attached hydrogen (secondary N) is 1. The molecule has 0 aliphatic heterocycles. The number of anilines is 1. The minimum atomic E-state index is -0.444. The van der Waals surface area contributed by atoms with E-state index in [-0.39, 0.29) is 0 Å². The second-order valence-corrected chi connectivity index (χ2v) is 8.15. The zero-order chi connectivity index (χ0) is 20.3. The molecule has 0 heterocycles. The van der Waals surface area contributed by atoms with Gasteiger partial charge in [-0.3, -0.25) is 4.79 Å². The molecule has 28 heavy (non-hydrogen) atoms. The molecule has 0 amide bonds. The van der Waals surface area contributed by atoms with Crippen LogP contribution in [0.15, 0.2) is 30.3 Å². The number of unbranched alkanes of at least 4 members (excludes halogenated alkanes) is 13. The van der Waals surface area contributed by atoms with E-state index in [4.69, 9.17) is 11.6 Å². The molecule has 1 N–H and O–H groups in total. The first-order valence-corrected chi connectivity index (χ1v) is 11.8. The Kier molecular flexibility index (Phi) is 15.7. The van der Waals surface area contributed by atoms with E-state index in [1.54, 1.807) is 6.08 Å². The fourth-order valence-electron chi connectivity index (χ4n) is 3.43. The molecule has 0 fully saturated rings. The van der Waals surface area contributed by atoms with Gasteiger partial charge in [0.15, 0.2) is 0 Å². The zero-order valence-corrected chi connectivity index (χ0v) is 18.6. The summed E-state index contributed by atoms with van der Waals surface area (Å²) in [6.07, 6.45) is 22.6. The molecule has 0 bridgehead atoms. The largest absolute Gasteiger partial charge is 0.385 e. The van der Waals surface area contributed by atoms with Gasteiger partial charge in [0, 0.05) is 12.2 Å². The number of benzene rings is 1. The SMILES string of the molecule is CCCCCCCCCCCCCCCCNc1ccc(/C=C/C(=O)Cl)cc1. The Morgan fingerprint density at radius 1 is 0.786 bits per heavy atom. The summed E-state index contributed by atoms with van der Waals surface area (Å²) >= 11 is 5.30. The summed E-state index contributed by atoms with van der Waals surface area (Å²) in [5.41, 5.74) is 2.11. The van der Waals surface area contributed by atoms with Crippen molar-refractivity contribution >= 4 is 28.6 Å². The lowest BCUT2D eigenvalue weighted by molar-refractivity contribution is -0.107. The number of hydrogen-bond donors (Lipinski definition) is 1. The topological polar surface area (TPSA) is 29.1 Å². The number of carbonyl (C=O) groups excluding carboxylic acids is 1. The molecule has 0 unspecified atom stereocenters. The van der Waals surface area contributed by atoms with Crippen molar-refractivity contribution in [3.63, 3.8) is 0 Å². The first-order chi connectivity index (χ1) is 13.7. The predicted molar refractivity (Wildman–Crippen MR) is 125 cm³/mol. The lowest BCUT2D eigenvalue weighted by atomic mass is 10.0. The van der Waals surface area contributed by atoms with Gasteiger partial charge in [0.25, 0.3) is 0 Å².